The summed E-state index contributed by atoms with van der Waals surface area (Å²) < 4.78 is 7.03. The van der Waals surface area contributed by atoms with E-state index in [2.05, 4.69) is 25.3 Å². The Hall–Kier alpha value is -3.67. The highest BCUT2D eigenvalue weighted by Gasteiger charge is 2.20. The molecule has 2 heterocycles. The number of hydrogen-bond donors (Lipinski definition) is 4. The molecule has 210 valence electrons. The van der Waals surface area contributed by atoms with Crippen LogP contribution in [0.15, 0.2) is 41.2 Å². The molecule has 1 aliphatic heterocycles. The van der Waals surface area contributed by atoms with Crippen molar-refractivity contribution >= 4 is 5.91 Å². The quantitative estimate of drug-likeness (QED) is 0.272. The Balaban J connectivity index is 1.35. The number of aromatic hydroxyl groups is 2. The predicted molar refractivity (Wildman–Crippen MR) is 148 cm³/mol. The number of aromatic nitrogens is 3. The molecular weight excluding hydrogens is 500 g/mol. The van der Waals surface area contributed by atoms with Gasteiger partial charge in [0.1, 0.15) is 11.5 Å². The summed E-state index contributed by atoms with van der Waals surface area (Å²) in [6.45, 7) is 12.6. The van der Waals surface area contributed by atoms with Crippen LogP contribution in [-0.4, -0.2) is 93.2 Å². The van der Waals surface area contributed by atoms with Crippen LogP contribution in [0.1, 0.15) is 37.8 Å². The maximum absolute atomic E-state index is 12.7. The normalized spacial score (nSPS) is 14.7. The monoisotopic (exact) mass is 538 g/mol. The van der Waals surface area contributed by atoms with Crippen LogP contribution >= 0.6 is 0 Å². The second-order valence-electron chi connectivity index (χ2n) is 10.2. The van der Waals surface area contributed by atoms with Gasteiger partial charge in [0.15, 0.2) is 5.82 Å². The number of amides is 1. The molecule has 39 heavy (non-hydrogen) atoms. The van der Waals surface area contributed by atoms with Crippen LogP contribution in [0.4, 0.5) is 0 Å². The molecule has 11 heteroatoms. The van der Waals surface area contributed by atoms with Gasteiger partial charge in [-0.3, -0.25) is 14.6 Å². The molecule has 2 aromatic carbocycles. The van der Waals surface area contributed by atoms with Gasteiger partial charge in [0.05, 0.1) is 24.5 Å². The average Bonchev–Trinajstić information content (AvgIpc) is 3.28. The van der Waals surface area contributed by atoms with E-state index < -0.39 is 5.69 Å². The van der Waals surface area contributed by atoms with E-state index in [0.717, 1.165) is 44.8 Å². The molecule has 0 radical (unpaired) electrons. The van der Waals surface area contributed by atoms with Crippen molar-refractivity contribution in [3.63, 3.8) is 0 Å². The highest BCUT2D eigenvalue weighted by molar-refractivity contribution is 5.72. The molecule has 3 aromatic rings. The number of rotatable bonds is 11. The third-order valence-corrected chi connectivity index (χ3v) is 6.92. The molecule has 0 bridgehead atoms. The van der Waals surface area contributed by atoms with Crippen LogP contribution in [0.2, 0.25) is 0 Å². The fourth-order valence-corrected chi connectivity index (χ4v) is 4.73. The Morgan fingerprint density at radius 3 is 2.41 bits per heavy atom. The Labute approximate surface area is 228 Å². The topological polar surface area (TPSA) is 136 Å². The third-order valence-electron chi connectivity index (χ3n) is 6.92. The van der Waals surface area contributed by atoms with Gasteiger partial charge in [-0.25, -0.2) is 14.5 Å². The second kappa shape index (κ2) is 12.9. The number of benzene rings is 2. The minimum atomic E-state index is -0.411. The number of nitrogens with one attached hydrogen (secondary N) is 2. The van der Waals surface area contributed by atoms with E-state index in [0.29, 0.717) is 36.6 Å². The molecule has 4 rings (SSSR count). The van der Waals surface area contributed by atoms with Crippen molar-refractivity contribution in [1.82, 2.24) is 29.9 Å². The van der Waals surface area contributed by atoms with E-state index in [4.69, 9.17) is 4.74 Å². The highest BCUT2D eigenvalue weighted by atomic mass is 16.5. The fraction of sp³-hybridized carbons (Fsp3) is 0.464. The van der Waals surface area contributed by atoms with Crippen molar-refractivity contribution in [2.45, 2.75) is 33.2 Å². The molecular formula is C28H38N6O5. The molecule has 1 amide bonds. The average molecular weight is 539 g/mol. The van der Waals surface area contributed by atoms with E-state index in [9.17, 15) is 19.8 Å². The Morgan fingerprint density at radius 1 is 1.05 bits per heavy atom. The first-order valence-electron chi connectivity index (χ1n) is 13.3. The summed E-state index contributed by atoms with van der Waals surface area (Å²) >= 11 is 0. The van der Waals surface area contributed by atoms with Crippen molar-refractivity contribution < 1.29 is 19.7 Å². The van der Waals surface area contributed by atoms with Gasteiger partial charge in [-0.05, 0) is 35.2 Å². The summed E-state index contributed by atoms with van der Waals surface area (Å²) in [5.41, 5.74) is 2.40. The molecule has 0 spiro atoms. The third kappa shape index (κ3) is 7.25. The zero-order valence-electron chi connectivity index (χ0n) is 22.8. The Kier molecular flexibility index (Phi) is 9.39. The van der Waals surface area contributed by atoms with Crippen molar-refractivity contribution in [2.24, 2.45) is 0 Å². The lowest BCUT2D eigenvalue weighted by atomic mass is 9.98. The molecule has 0 saturated carbocycles. The number of nitrogens with zero attached hydrogens (tertiary/aromatic N) is 4. The zero-order chi connectivity index (χ0) is 27.9. The fourth-order valence-electron chi connectivity index (χ4n) is 4.73. The smallest absolute Gasteiger partial charge is 0.348 e. The first kappa shape index (κ1) is 28.3. The second-order valence-corrected chi connectivity index (χ2v) is 10.2. The standard InChI is InChI=1S/C28H38N6O5/c1-19(2)23-16-24(26(37)17-25(23)36)27-30-31-28(38)34(27)22-6-4-21(5-7-22)18-33-11-9-32(10-12-33)13-15-39-14-8-29-20(3)35/h4-7,16-17,19,36-37H,8-15,18H2,1-3H3,(H,29,35)(H,31,38). The number of carbonyl (C=O) groups excluding carboxylic acids is 1. The van der Waals surface area contributed by atoms with Crippen molar-refractivity contribution in [3.8, 4) is 28.6 Å². The van der Waals surface area contributed by atoms with Gasteiger partial charge < -0.3 is 20.3 Å². The van der Waals surface area contributed by atoms with Gasteiger partial charge in [-0.2, -0.15) is 5.10 Å². The van der Waals surface area contributed by atoms with E-state index in [1.54, 1.807) is 6.07 Å². The molecule has 1 fully saturated rings. The Morgan fingerprint density at radius 2 is 1.74 bits per heavy atom. The number of phenolic OH excluding ortho intramolecular Hbond substituents is 2. The molecule has 1 aromatic heterocycles. The van der Waals surface area contributed by atoms with Crippen LogP contribution in [-0.2, 0) is 16.1 Å². The zero-order valence-corrected chi connectivity index (χ0v) is 22.8. The highest BCUT2D eigenvalue weighted by Crippen LogP contribution is 2.37. The first-order chi connectivity index (χ1) is 18.7. The number of piperazine rings is 1. The largest absolute Gasteiger partial charge is 0.508 e. The summed E-state index contributed by atoms with van der Waals surface area (Å²) in [7, 11) is 0. The number of ether oxygens (including phenoxy) is 1. The molecule has 0 unspecified atom stereocenters. The lowest BCUT2D eigenvalue weighted by molar-refractivity contribution is -0.119. The number of H-pyrrole nitrogens is 1. The molecule has 0 atom stereocenters. The van der Waals surface area contributed by atoms with E-state index in [1.165, 1.54) is 17.6 Å². The minimum absolute atomic E-state index is 0.00732. The van der Waals surface area contributed by atoms with Crippen LogP contribution in [0.25, 0.3) is 17.1 Å². The summed E-state index contributed by atoms with van der Waals surface area (Å²) in [6.07, 6.45) is 0. The van der Waals surface area contributed by atoms with Gasteiger partial charge in [0, 0.05) is 58.8 Å². The van der Waals surface area contributed by atoms with Crippen LogP contribution in [0.3, 0.4) is 0 Å². The first-order valence-corrected chi connectivity index (χ1v) is 13.3. The molecule has 1 saturated heterocycles. The van der Waals surface area contributed by atoms with Gasteiger partial charge in [-0.1, -0.05) is 26.0 Å². The summed E-state index contributed by atoms with van der Waals surface area (Å²) in [5, 5.41) is 30.1. The van der Waals surface area contributed by atoms with Crippen molar-refractivity contribution in [1.29, 1.82) is 0 Å². The molecule has 1 aliphatic rings. The van der Waals surface area contributed by atoms with Gasteiger partial charge >= 0.3 is 5.69 Å². The van der Waals surface area contributed by atoms with Gasteiger partial charge in [0.25, 0.3) is 0 Å². The Bertz CT molecular complexity index is 1310. The van der Waals surface area contributed by atoms with Crippen LogP contribution in [0.5, 0.6) is 11.5 Å². The minimum Gasteiger partial charge on any atom is -0.508 e. The van der Waals surface area contributed by atoms with Gasteiger partial charge in [-0.15, -0.1) is 0 Å². The number of aromatic amines is 1. The molecule has 0 aliphatic carbocycles. The van der Waals surface area contributed by atoms with E-state index >= 15 is 0 Å². The maximum atomic E-state index is 12.7. The maximum Gasteiger partial charge on any atom is 0.348 e. The lowest BCUT2D eigenvalue weighted by Gasteiger charge is -2.34. The predicted octanol–water partition coefficient (Wildman–Crippen LogP) is 2.03. The summed E-state index contributed by atoms with van der Waals surface area (Å²) in [4.78, 5) is 28.3. The van der Waals surface area contributed by atoms with E-state index in [-0.39, 0.29) is 29.1 Å². The van der Waals surface area contributed by atoms with Crippen LogP contribution < -0.4 is 11.0 Å². The molecule has 4 N–H and O–H groups in total. The van der Waals surface area contributed by atoms with Crippen molar-refractivity contribution in [3.05, 3.63) is 58.0 Å². The summed E-state index contributed by atoms with van der Waals surface area (Å²) in [5.74, 6) is 0.123. The van der Waals surface area contributed by atoms with Crippen molar-refractivity contribution in [2.75, 3.05) is 52.5 Å². The SMILES string of the molecule is CC(=O)NCCOCCN1CCN(Cc2ccc(-n3c(-c4cc(C(C)C)c(O)cc4O)n[nH]c3=O)cc2)CC1. The van der Waals surface area contributed by atoms with Crippen LogP contribution in [0, 0.1) is 0 Å². The van der Waals surface area contributed by atoms with E-state index in [1.807, 2.05) is 38.1 Å². The number of phenols is 2. The number of hydrogen-bond acceptors (Lipinski definition) is 8. The lowest BCUT2D eigenvalue weighted by Crippen LogP contribution is -2.46. The molecule has 11 nitrogen and oxygen atoms in total. The van der Waals surface area contributed by atoms with Gasteiger partial charge in [0.2, 0.25) is 5.91 Å². The number of carbonyl (C=O) groups is 1. The summed E-state index contributed by atoms with van der Waals surface area (Å²) in [6, 6.07) is 10.7.